The lowest BCUT2D eigenvalue weighted by Crippen LogP contribution is -2.23. The predicted octanol–water partition coefficient (Wildman–Crippen LogP) is 5.48. The molecule has 0 saturated heterocycles. The van der Waals surface area contributed by atoms with Crippen molar-refractivity contribution in [2.24, 2.45) is 0 Å². The molecule has 0 aliphatic heterocycles. The number of furan rings is 1. The smallest absolute Gasteiger partial charge is 0.271 e. The minimum atomic E-state index is -0.420. The number of rotatable bonds is 8. The van der Waals surface area contributed by atoms with Crippen molar-refractivity contribution < 1.29 is 18.0 Å². The summed E-state index contributed by atoms with van der Waals surface area (Å²) in [6.45, 7) is 0.266. The van der Waals surface area contributed by atoms with Crippen molar-refractivity contribution in [3.05, 3.63) is 100 Å². The Balaban J connectivity index is 1.30. The lowest BCUT2D eigenvalue weighted by Gasteiger charge is -2.09. The Labute approximate surface area is 206 Å². The van der Waals surface area contributed by atoms with E-state index < -0.39 is 5.82 Å². The summed E-state index contributed by atoms with van der Waals surface area (Å²) in [5.74, 6) is 0.168. The molecule has 0 aliphatic carbocycles. The van der Waals surface area contributed by atoms with E-state index in [1.54, 1.807) is 52.4 Å². The number of para-hydroxylation sites is 1. The van der Waals surface area contributed by atoms with E-state index in [1.807, 2.05) is 0 Å². The van der Waals surface area contributed by atoms with Gasteiger partial charge in [0, 0.05) is 11.9 Å². The van der Waals surface area contributed by atoms with E-state index in [1.165, 1.54) is 47.6 Å². The molecule has 0 aliphatic rings. The van der Waals surface area contributed by atoms with Gasteiger partial charge in [0.1, 0.15) is 22.3 Å². The van der Waals surface area contributed by atoms with Crippen molar-refractivity contribution in [2.75, 3.05) is 0 Å². The molecule has 35 heavy (non-hydrogen) atoms. The van der Waals surface area contributed by atoms with Crippen molar-refractivity contribution in [3.8, 4) is 17.3 Å². The van der Waals surface area contributed by atoms with Crippen molar-refractivity contribution in [1.29, 1.82) is 0 Å². The molecule has 0 bridgehead atoms. The van der Waals surface area contributed by atoms with Gasteiger partial charge in [-0.2, -0.15) is 0 Å². The number of carbonyl (C=O) groups excluding carboxylic acids is 1. The molecule has 0 spiro atoms. The van der Waals surface area contributed by atoms with Gasteiger partial charge in [-0.1, -0.05) is 36.0 Å². The maximum atomic E-state index is 14.6. The SMILES string of the molecule is O=C(NCc1ccc(F)cc1)c1csc(CSc2nnc(-c3ccco3)n2-c2ccccc2F)n1. The quantitative estimate of drug-likeness (QED) is 0.279. The van der Waals surface area contributed by atoms with Crippen LogP contribution in [-0.4, -0.2) is 25.7 Å². The lowest BCUT2D eigenvalue weighted by molar-refractivity contribution is 0.0946. The third-order valence-electron chi connectivity index (χ3n) is 4.94. The standard InChI is InChI=1S/C24H17F2N5O2S2/c25-16-9-7-15(8-10-16)12-27-23(32)18-13-34-21(28-18)14-35-24-30-29-22(20-6-3-11-33-20)31(24)19-5-2-1-4-17(19)26/h1-11,13H,12,14H2,(H,27,32). The van der Waals surface area contributed by atoms with E-state index >= 15 is 0 Å². The van der Waals surface area contributed by atoms with Crippen molar-refractivity contribution in [1.82, 2.24) is 25.1 Å². The molecule has 0 fully saturated rings. The largest absolute Gasteiger partial charge is 0.461 e. The number of benzene rings is 2. The molecule has 1 amide bonds. The minimum Gasteiger partial charge on any atom is -0.461 e. The minimum absolute atomic E-state index is 0.266. The van der Waals surface area contributed by atoms with E-state index in [0.717, 1.165) is 5.56 Å². The zero-order valence-electron chi connectivity index (χ0n) is 18.0. The third kappa shape index (κ3) is 5.15. The number of hydrogen-bond acceptors (Lipinski definition) is 7. The van der Waals surface area contributed by atoms with Gasteiger partial charge in [0.05, 0.1) is 17.7 Å². The maximum absolute atomic E-state index is 14.6. The summed E-state index contributed by atoms with van der Waals surface area (Å²) in [7, 11) is 0. The molecule has 3 aromatic heterocycles. The highest BCUT2D eigenvalue weighted by Crippen LogP contribution is 2.31. The van der Waals surface area contributed by atoms with Crippen LogP contribution >= 0.6 is 23.1 Å². The van der Waals surface area contributed by atoms with E-state index in [9.17, 15) is 13.6 Å². The molecule has 0 saturated carbocycles. The molecule has 7 nitrogen and oxygen atoms in total. The highest BCUT2D eigenvalue weighted by molar-refractivity contribution is 7.98. The Bertz CT molecular complexity index is 1450. The van der Waals surface area contributed by atoms with Crippen LogP contribution in [0.4, 0.5) is 8.78 Å². The molecule has 0 unspecified atom stereocenters. The average Bonchev–Trinajstić information content (AvgIpc) is 3.63. The molecule has 5 rings (SSSR count). The number of halogens is 2. The van der Waals surface area contributed by atoms with Crippen LogP contribution in [0.2, 0.25) is 0 Å². The zero-order chi connectivity index (χ0) is 24.2. The van der Waals surface area contributed by atoms with Crippen LogP contribution in [0.15, 0.2) is 81.9 Å². The first kappa shape index (κ1) is 22.9. The molecule has 3 heterocycles. The summed E-state index contributed by atoms with van der Waals surface area (Å²) >= 11 is 2.66. The second kappa shape index (κ2) is 10.2. The van der Waals surface area contributed by atoms with Crippen LogP contribution in [0, 0.1) is 11.6 Å². The van der Waals surface area contributed by atoms with Crippen molar-refractivity contribution >= 4 is 29.0 Å². The van der Waals surface area contributed by atoms with E-state index in [-0.39, 0.29) is 18.3 Å². The third-order valence-corrected chi connectivity index (χ3v) is 6.92. The first-order valence-corrected chi connectivity index (χ1v) is 12.3. The Morgan fingerprint density at radius 2 is 1.89 bits per heavy atom. The van der Waals surface area contributed by atoms with Gasteiger partial charge in [-0.15, -0.1) is 21.5 Å². The Morgan fingerprint density at radius 1 is 1.06 bits per heavy atom. The van der Waals surface area contributed by atoms with E-state index in [2.05, 4.69) is 20.5 Å². The molecule has 1 N–H and O–H groups in total. The molecule has 2 aromatic carbocycles. The maximum Gasteiger partial charge on any atom is 0.271 e. The van der Waals surface area contributed by atoms with Gasteiger partial charge in [0.2, 0.25) is 5.82 Å². The highest BCUT2D eigenvalue weighted by Gasteiger charge is 2.21. The second-order valence-electron chi connectivity index (χ2n) is 7.29. The van der Waals surface area contributed by atoms with Gasteiger partial charge < -0.3 is 9.73 Å². The van der Waals surface area contributed by atoms with Crippen LogP contribution in [0.3, 0.4) is 0 Å². The van der Waals surface area contributed by atoms with E-state index in [4.69, 9.17) is 4.42 Å². The molecule has 176 valence electrons. The topological polar surface area (TPSA) is 85.8 Å². The first-order chi connectivity index (χ1) is 17.1. The number of thiazole rings is 1. The normalized spacial score (nSPS) is 11.0. The van der Waals surface area contributed by atoms with E-state index in [0.29, 0.717) is 38.9 Å². The number of nitrogens with one attached hydrogen (secondary N) is 1. The highest BCUT2D eigenvalue weighted by atomic mass is 32.2. The lowest BCUT2D eigenvalue weighted by atomic mass is 10.2. The van der Waals surface area contributed by atoms with Crippen LogP contribution in [-0.2, 0) is 12.3 Å². The second-order valence-corrected chi connectivity index (χ2v) is 9.18. The van der Waals surface area contributed by atoms with Gasteiger partial charge in [0.25, 0.3) is 5.91 Å². The fourth-order valence-corrected chi connectivity index (χ4v) is 5.00. The first-order valence-electron chi connectivity index (χ1n) is 10.4. The molecular formula is C24H17F2N5O2S2. The monoisotopic (exact) mass is 509 g/mol. The summed E-state index contributed by atoms with van der Waals surface area (Å²) in [5, 5.41) is 14.0. The summed E-state index contributed by atoms with van der Waals surface area (Å²) in [6, 6.07) is 15.7. The molecule has 11 heteroatoms. The van der Waals surface area contributed by atoms with Crippen LogP contribution in [0.25, 0.3) is 17.3 Å². The van der Waals surface area contributed by atoms with Crippen LogP contribution in [0.5, 0.6) is 0 Å². The molecule has 5 aromatic rings. The number of nitrogens with zero attached hydrogens (tertiary/aromatic N) is 4. The number of hydrogen-bond donors (Lipinski definition) is 1. The molecule has 0 atom stereocenters. The predicted molar refractivity (Wildman–Crippen MR) is 128 cm³/mol. The summed E-state index contributed by atoms with van der Waals surface area (Å²) in [5.41, 5.74) is 1.37. The average molecular weight is 510 g/mol. The van der Waals surface area contributed by atoms with Gasteiger partial charge in [0.15, 0.2) is 10.9 Å². The van der Waals surface area contributed by atoms with Gasteiger partial charge in [-0.25, -0.2) is 13.8 Å². The van der Waals surface area contributed by atoms with Gasteiger partial charge in [-0.05, 0) is 42.0 Å². The van der Waals surface area contributed by atoms with Crippen molar-refractivity contribution in [2.45, 2.75) is 17.5 Å². The van der Waals surface area contributed by atoms with Crippen LogP contribution in [0.1, 0.15) is 21.1 Å². The summed E-state index contributed by atoms with van der Waals surface area (Å²) in [4.78, 5) is 16.9. The van der Waals surface area contributed by atoms with Gasteiger partial charge in [-0.3, -0.25) is 9.36 Å². The van der Waals surface area contributed by atoms with Crippen molar-refractivity contribution in [3.63, 3.8) is 0 Å². The fourth-order valence-electron chi connectivity index (χ4n) is 3.26. The number of thioether (sulfide) groups is 1. The Hall–Kier alpha value is -3.83. The Kier molecular flexibility index (Phi) is 6.68. The number of aromatic nitrogens is 4. The number of carbonyl (C=O) groups is 1. The summed E-state index contributed by atoms with van der Waals surface area (Å²) < 4.78 is 34.7. The molecule has 0 radical (unpaired) electrons. The van der Waals surface area contributed by atoms with Crippen LogP contribution < -0.4 is 5.32 Å². The van der Waals surface area contributed by atoms with Gasteiger partial charge >= 0.3 is 0 Å². The Morgan fingerprint density at radius 3 is 2.66 bits per heavy atom. The number of amides is 1. The zero-order valence-corrected chi connectivity index (χ0v) is 19.7. The molecular weight excluding hydrogens is 492 g/mol. The fraction of sp³-hybridized carbons (Fsp3) is 0.0833. The summed E-state index contributed by atoms with van der Waals surface area (Å²) in [6.07, 6.45) is 1.51.